The van der Waals surface area contributed by atoms with E-state index in [0.717, 1.165) is 37.0 Å². The molecule has 154 valence electrons. The van der Waals surface area contributed by atoms with Crippen LogP contribution >= 0.6 is 0 Å². The van der Waals surface area contributed by atoms with Gasteiger partial charge in [-0.25, -0.2) is 9.98 Å². The highest BCUT2D eigenvalue weighted by Gasteiger charge is 2.29. The maximum absolute atomic E-state index is 9.39. The Bertz CT molecular complexity index is 1020. The molecule has 0 saturated heterocycles. The van der Waals surface area contributed by atoms with Crippen molar-refractivity contribution in [3.8, 4) is 12.3 Å². The van der Waals surface area contributed by atoms with Gasteiger partial charge in [-0.2, -0.15) is 10.5 Å². The maximum atomic E-state index is 9.39. The van der Waals surface area contributed by atoms with Gasteiger partial charge in [0.25, 0.3) is 0 Å². The third kappa shape index (κ3) is 4.43. The van der Waals surface area contributed by atoms with E-state index in [-0.39, 0.29) is 23.0 Å². The number of guanidine groups is 1. The van der Waals surface area contributed by atoms with Gasteiger partial charge in [0, 0.05) is 12.2 Å². The SMILES string of the molecule is CCCCCOCc1ccc(C2N=C(NC#N)Nc3nc(N)c(C#N)c(N)c32)cc1. The molecule has 1 aliphatic rings. The molecule has 30 heavy (non-hydrogen) atoms. The van der Waals surface area contributed by atoms with Crippen molar-refractivity contribution >= 4 is 23.3 Å². The van der Waals surface area contributed by atoms with Gasteiger partial charge in [-0.1, -0.05) is 44.0 Å². The van der Waals surface area contributed by atoms with Crippen LogP contribution in [0.5, 0.6) is 0 Å². The zero-order valence-corrected chi connectivity index (χ0v) is 16.8. The predicted octanol–water partition coefficient (Wildman–Crippen LogP) is 2.77. The Hall–Kier alpha value is -3.82. The summed E-state index contributed by atoms with van der Waals surface area (Å²) in [6.45, 7) is 3.44. The van der Waals surface area contributed by atoms with Gasteiger partial charge in [0.05, 0.1) is 12.3 Å². The molecule has 1 atom stereocenters. The molecule has 0 aliphatic carbocycles. The molecule has 9 nitrogen and oxygen atoms in total. The molecular weight excluding hydrogens is 380 g/mol. The summed E-state index contributed by atoms with van der Waals surface area (Å²) in [5.41, 5.74) is 14.9. The number of benzene rings is 1. The quantitative estimate of drug-likeness (QED) is 0.311. The number of rotatable bonds is 7. The van der Waals surface area contributed by atoms with Crippen molar-refractivity contribution in [2.45, 2.75) is 38.8 Å². The lowest BCUT2D eigenvalue weighted by atomic mass is 9.94. The van der Waals surface area contributed by atoms with Crippen molar-refractivity contribution < 1.29 is 4.74 Å². The number of unbranched alkanes of at least 4 members (excludes halogenated alkanes) is 2. The molecule has 0 bridgehead atoms. The van der Waals surface area contributed by atoms with Crippen LogP contribution in [0.25, 0.3) is 0 Å². The van der Waals surface area contributed by atoms with Gasteiger partial charge >= 0.3 is 0 Å². The first-order valence-electron chi connectivity index (χ1n) is 9.74. The van der Waals surface area contributed by atoms with Crippen LogP contribution in [0.4, 0.5) is 17.3 Å². The van der Waals surface area contributed by atoms with Crippen molar-refractivity contribution in [1.29, 1.82) is 10.5 Å². The van der Waals surface area contributed by atoms with Crippen LogP contribution in [0.15, 0.2) is 29.3 Å². The minimum Gasteiger partial charge on any atom is -0.397 e. The van der Waals surface area contributed by atoms with E-state index in [9.17, 15) is 5.26 Å². The summed E-state index contributed by atoms with van der Waals surface area (Å²) >= 11 is 0. The fourth-order valence-corrected chi connectivity index (χ4v) is 3.26. The topological polar surface area (TPSA) is 158 Å². The number of hydrogen-bond acceptors (Lipinski definition) is 9. The van der Waals surface area contributed by atoms with E-state index in [0.29, 0.717) is 18.0 Å². The molecule has 0 radical (unpaired) electrons. The Balaban J connectivity index is 1.89. The minimum absolute atomic E-state index is 0.0220. The second-order valence-corrected chi connectivity index (χ2v) is 6.90. The van der Waals surface area contributed by atoms with Crippen LogP contribution in [-0.2, 0) is 11.3 Å². The first-order valence-corrected chi connectivity index (χ1v) is 9.74. The first-order chi connectivity index (χ1) is 14.6. The molecule has 2 heterocycles. The average Bonchev–Trinajstić information content (AvgIpc) is 2.74. The summed E-state index contributed by atoms with van der Waals surface area (Å²) in [5, 5.41) is 23.8. The number of pyridine rings is 1. The average molecular weight is 404 g/mol. The van der Waals surface area contributed by atoms with Crippen molar-refractivity contribution in [3.63, 3.8) is 0 Å². The van der Waals surface area contributed by atoms with E-state index in [2.05, 4.69) is 27.5 Å². The zero-order chi connectivity index (χ0) is 21.5. The summed E-state index contributed by atoms with van der Waals surface area (Å²) in [6, 6.07) is 9.25. The van der Waals surface area contributed by atoms with E-state index in [1.807, 2.05) is 36.5 Å². The highest BCUT2D eigenvalue weighted by molar-refractivity contribution is 5.98. The molecule has 2 aromatic rings. The number of nitrogens with one attached hydrogen (secondary N) is 2. The molecule has 3 rings (SSSR count). The smallest absolute Gasteiger partial charge is 0.211 e. The maximum Gasteiger partial charge on any atom is 0.211 e. The minimum atomic E-state index is -0.545. The Morgan fingerprint density at radius 3 is 2.63 bits per heavy atom. The number of anilines is 3. The summed E-state index contributed by atoms with van der Waals surface area (Å²) in [4.78, 5) is 8.80. The molecule has 1 aromatic carbocycles. The molecule has 9 heteroatoms. The standard InChI is InChI=1S/C21H24N8O/c1-2-3-4-9-30-11-13-5-7-14(8-6-13)18-16-17(24)15(10-22)19(25)28-20(16)29-21(27-18)26-12-23/h5-8,18H,2-4,9,11H2,1H3,(H6,24,25,26,27,28,29). The summed E-state index contributed by atoms with van der Waals surface area (Å²) in [7, 11) is 0. The molecular formula is C21H24N8O. The van der Waals surface area contributed by atoms with Crippen LogP contribution in [-0.4, -0.2) is 17.6 Å². The van der Waals surface area contributed by atoms with Gasteiger partial charge in [0.15, 0.2) is 6.19 Å². The Kier molecular flexibility index (Phi) is 6.68. The van der Waals surface area contributed by atoms with Gasteiger partial charge < -0.3 is 21.5 Å². The van der Waals surface area contributed by atoms with Crippen molar-refractivity contribution in [2.24, 2.45) is 4.99 Å². The van der Waals surface area contributed by atoms with Crippen LogP contribution in [0, 0.1) is 22.8 Å². The van der Waals surface area contributed by atoms with Crippen molar-refractivity contribution in [2.75, 3.05) is 23.4 Å². The van der Waals surface area contributed by atoms with Gasteiger partial charge in [0.1, 0.15) is 29.3 Å². The lowest BCUT2D eigenvalue weighted by Gasteiger charge is -2.26. The molecule has 1 aliphatic heterocycles. The van der Waals surface area contributed by atoms with E-state index in [1.54, 1.807) is 0 Å². The number of aromatic nitrogens is 1. The third-order valence-electron chi connectivity index (χ3n) is 4.81. The number of fused-ring (bicyclic) bond motifs is 1. The van der Waals surface area contributed by atoms with Crippen molar-refractivity contribution in [1.82, 2.24) is 10.3 Å². The summed E-state index contributed by atoms with van der Waals surface area (Å²) in [6.07, 6.45) is 5.22. The fraction of sp³-hybridized carbons (Fsp3) is 0.333. The number of hydrogen-bond donors (Lipinski definition) is 4. The molecule has 0 amide bonds. The second-order valence-electron chi connectivity index (χ2n) is 6.90. The second kappa shape index (κ2) is 9.59. The van der Waals surface area contributed by atoms with Gasteiger partial charge in [-0.3, -0.25) is 5.32 Å². The number of nitrogens with zero attached hydrogens (tertiary/aromatic N) is 4. The Morgan fingerprint density at radius 2 is 1.97 bits per heavy atom. The van der Waals surface area contributed by atoms with Crippen molar-refractivity contribution in [3.05, 3.63) is 46.5 Å². The molecule has 1 unspecified atom stereocenters. The summed E-state index contributed by atoms with van der Waals surface area (Å²) in [5.74, 6) is 0.619. The molecule has 1 aromatic heterocycles. The Labute approximate surface area is 175 Å². The number of nitriles is 2. The highest BCUT2D eigenvalue weighted by atomic mass is 16.5. The van der Waals surface area contributed by atoms with Crippen LogP contribution < -0.4 is 22.1 Å². The van der Waals surface area contributed by atoms with Gasteiger partial charge in [-0.05, 0) is 17.5 Å². The Morgan fingerprint density at radius 1 is 1.20 bits per heavy atom. The molecule has 0 saturated carbocycles. The number of ether oxygens (including phenoxy) is 1. The molecule has 0 fully saturated rings. The molecule has 0 spiro atoms. The van der Waals surface area contributed by atoms with Gasteiger partial charge in [-0.15, -0.1) is 0 Å². The van der Waals surface area contributed by atoms with Crippen LogP contribution in [0.1, 0.15) is 54.5 Å². The van der Waals surface area contributed by atoms with E-state index >= 15 is 0 Å². The normalized spacial score (nSPS) is 14.6. The van der Waals surface area contributed by atoms with E-state index < -0.39 is 6.04 Å². The molecule has 6 N–H and O–H groups in total. The predicted molar refractivity (Wildman–Crippen MR) is 115 cm³/mol. The van der Waals surface area contributed by atoms with E-state index in [4.69, 9.17) is 21.5 Å². The monoisotopic (exact) mass is 404 g/mol. The number of aliphatic imine (C=N–C) groups is 1. The van der Waals surface area contributed by atoms with Gasteiger partial charge in [0.2, 0.25) is 5.96 Å². The number of nitrogen functional groups attached to an aromatic ring is 2. The van der Waals surface area contributed by atoms with Crippen LogP contribution in [0.3, 0.4) is 0 Å². The zero-order valence-electron chi connectivity index (χ0n) is 16.8. The third-order valence-corrected chi connectivity index (χ3v) is 4.81. The summed E-state index contributed by atoms with van der Waals surface area (Å²) < 4.78 is 5.71. The lowest BCUT2D eigenvalue weighted by Crippen LogP contribution is -2.32. The van der Waals surface area contributed by atoms with Crippen LogP contribution in [0.2, 0.25) is 0 Å². The number of nitrogens with two attached hydrogens (primary N) is 2. The lowest BCUT2D eigenvalue weighted by molar-refractivity contribution is 0.117. The first kappa shape index (κ1) is 20.9. The van der Waals surface area contributed by atoms with E-state index in [1.165, 1.54) is 0 Å². The highest BCUT2D eigenvalue weighted by Crippen LogP contribution is 2.40. The largest absolute Gasteiger partial charge is 0.397 e. The fourth-order valence-electron chi connectivity index (χ4n) is 3.26.